The molecule has 1 saturated heterocycles. The van der Waals surface area contributed by atoms with Crippen LogP contribution in [0.4, 0.5) is 16.4 Å². The Bertz CT molecular complexity index is 549. The summed E-state index contributed by atoms with van der Waals surface area (Å²) in [4.78, 5) is 23.7. The highest BCUT2D eigenvalue weighted by Crippen LogP contribution is 2.32. The lowest BCUT2D eigenvalue weighted by Crippen LogP contribution is -2.34. The van der Waals surface area contributed by atoms with Gasteiger partial charge < -0.3 is 15.7 Å². The van der Waals surface area contributed by atoms with E-state index in [1.54, 1.807) is 0 Å². The average Bonchev–Trinajstić information content (AvgIpc) is 3.17. The SMILES string of the molecule is Nc1nc(N2CCN(CC3CC3)C2=O)c(Cl)nc1CO. The van der Waals surface area contributed by atoms with Gasteiger partial charge in [-0.25, -0.2) is 14.8 Å². The minimum atomic E-state index is -0.333. The molecule has 2 fully saturated rings. The summed E-state index contributed by atoms with van der Waals surface area (Å²) >= 11 is 6.04. The lowest BCUT2D eigenvalue weighted by Gasteiger charge is -2.19. The fourth-order valence-corrected chi connectivity index (χ4v) is 2.55. The third kappa shape index (κ3) is 2.38. The van der Waals surface area contributed by atoms with Crippen LogP contribution in [0, 0.1) is 5.92 Å². The van der Waals surface area contributed by atoms with Gasteiger partial charge in [-0.05, 0) is 18.8 Å². The van der Waals surface area contributed by atoms with Crippen molar-refractivity contribution in [2.24, 2.45) is 5.92 Å². The Morgan fingerprint density at radius 3 is 2.75 bits per heavy atom. The number of rotatable bonds is 4. The number of anilines is 2. The largest absolute Gasteiger partial charge is 0.390 e. The van der Waals surface area contributed by atoms with E-state index in [4.69, 9.17) is 22.4 Å². The number of halogens is 1. The Kier molecular flexibility index (Phi) is 3.39. The van der Waals surface area contributed by atoms with Crippen LogP contribution in [0.5, 0.6) is 0 Å². The van der Waals surface area contributed by atoms with Crippen molar-refractivity contribution in [3.05, 3.63) is 10.8 Å². The summed E-state index contributed by atoms with van der Waals surface area (Å²) in [5.74, 6) is 1.01. The van der Waals surface area contributed by atoms with Crippen LogP contribution in [0.25, 0.3) is 0 Å². The van der Waals surface area contributed by atoms with Crippen molar-refractivity contribution in [3.63, 3.8) is 0 Å². The maximum atomic E-state index is 12.3. The van der Waals surface area contributed by atoms with Crippen molar-refractivity contribution in [1.82, 2.24) is 14.9 Å². The summed E-state index contributed by atoms with van der Waals surface area (Å²) in [7, 11) is 0. The van der Waals surface area contributed by atoms with E-state index >= 15 is 0 Å². The highest BCUT2D eigenvalue weighted by molar-refractivity contribution is 6.32. The van der Waals surface area contributed by atoms with E-state index in [9.17, 15) is 4.79 Å². The average molecular weight is 298 g/mol. The zero-order valence-electron chi connectivity index (χ0n) is 10.9. The van der Waals surface area contributed by atoms with Crippen molar-refractivity contribution >= 4 is 29.3 Å². The summed E-state index contributed by atoms with van der Waals surface area (Å²) in [6.07, 6.45) is 2.39. The van der Waals surface area contributed by atoms with Crippen molar-refractivity contribution < 1.29 is 9.90 Å². The molecule has 2 heterocycles. The van der Waals surface area contributed by atoms with Crippen LogP contribution in [0.3, 0.4) is 0 Å². The number of amides is 2. The summed E-state index contributed by atoms with van der Waals surface area (Å²) in [5, 5.41) is 9.16. The number of nitrogens with zero attached hydrogens (tertiary/aromatic N) is 4. The number of nitrogens with two attached hydrogens (primary N) is 1. The molecule has 1 saturated carbocycles. The molecule has 0 atom stereocenters. The number of aliphatic hydroxyl groups is 1. The van der Waals surface area contributed by atoms with Gasteiger partial charge in [0.15, 0.2) is 11.0 Å². The van der Waals surface area contributed by atoms with E-state index in [0.29, 0.717) is 19.0 Å². The van der Waals surface area contributed by atoms with Gasteiger partial charge in [0, 0.05) is 19.6 Å². The molecule has 20 heavy (non-hydrogen) atoms. The predicted molar refractivity (Wildman–Crippen MR) is 74.4 cm³/mol. The zero-order chi connectivity index (χ0) is 14.3. The van der Waals surface area contributed by atoms with Gasteiger partial charge in [-0.15, -0.1) is 0 Å². The van der Waals surface area contributed by atoms with Gasteiger partial charge in [-0.3, -0.25) is 4.90 Å². The molecule has 0 radical (unpaired) electrons. The number of aromatic nitrogens is 2. The summed E-state index contributed by atoms with van der Waals surface area (Å²) in [5.41, 5.74) is 5.92. The number of aliphatic hydroxyl groups excluding tert-OH is 1. The molecule has 2 amide bonds. The minimum absolute atomic E-state index is 0.0878. The standard InChI is InChI=1S/C12H16ClN5O2/c13-9-11(16-10(14)8(6-19)15-9)18-4-3-17(12(18)20)5-7-1-2-7/h7,19H,1-6H2,(H2,14,16). The quantitative estimate of drug-likeness (QED) is 0.859. The summed E-state index contributed by atoms with van der Waals surface area (Å²) < 4.78 is 0. The molecule has 7 nitrogen and oxygen atoms in total. The highest BCUT2D eigenvalue weighted by Gasteiger charge is 2.35. The fraction of sp³-hybridized carbons (Fsp3) is 0.583. The maximum absolute atomic E-state index is 12.3. The molecular formula is C12H16ClN5O2. The lowest BCUT2D eigenvalue weighted by molar-refractivity contribution is 0.218. The van der Waals surface area contributed by atoms with Crippen LogP contribution in [0.2, 0.25) is 5.15 Å². The van der Waals surface area contributed by atoms with Crippen molar-refractivity contribution in [2.75, 3.05) is 30.3 Å². The number of hydrogen-bond acceptors (Lipinski definition) is 5. The van der Waals surface area contributed by atoms with E-state index in [0.717, 1.165) is 6.54 Å². The molecule has 8 heteroatoms. The molecule has 0 spiro atoms. The summed E-state index contributed by atoms with van der Waals surface area (Å²) in [6, 6.07) is -0.107. The molecule has 0 aromatic carbocycles. The molecule has 108 valence electrons. The van der Waals surface area contributed by atoms with Crippen molar-refractivity contribution in [3.8, 4) is 0 Å². The van der Waals surface area contributed by atoms with E-state index in [1.807, 2.05) is 4.90 Å². The van der Waals surface area contributed by atoms with Crippen LogP contribution in [0.1, 0.15) is 18.5 Å². The Morgan fingerprint density at radius 1 is 1.35 bits per heavy atom. The first-order valence-corrected chi connectivity index (χ1v) is 6.97. The van der Waals surface area contributed by atoms with Crippen molar-refractivity contribution in [2.45, 2.75) is 19.4 Å². The van der Waals surface area contributed by atoms with Crippen LogP contribution in [0.15, 0.2) is 0 Å². The normalized spacial score (nSPS) is 19.0. The second-order valence-electron chi connectivity index (χ2n) is 5.15. The minimum Gasteiger partial charge on any atom is -0.390 e. The van der Waals surface area contributed by atoms with Crippen LogP contribution >= 0.6 is 11.6 Å². The van der Waals surface area contributed by atoms with Gasteiger partial charge in [0.2, 0.25) is 0 Å². The first-order valence-electron chi connectivity index (χ1n) is 6.59. The van der Waals surface area contributed by atoms with Gasteiger partial charge >= 0.3 is 6.03 Å². The molecule has 1 aromatic rings. The number of carbonyl (C=O) groups is 1. The Balaban J connectivity index is 1.82. The summed E-state index contributed by atoms with van der Waals surface area (Å²) in [6.45, 7) is 1.65. The highest BCUT2D eigenvalue weighted by atomic mass is 35.5. The third-order valence-electron chi connectivity index (χ3n) is 3.62. The number of nitrogen functional groups attached to an aromatic ring is 1. The maximum Gasteiger partial charge on any atom is 0.325 e. The first-order chi connectivity index (χ1) is 9.60. The Hall–Kier alpha value is -1.60. The Morgan fingerprint density at radius 2 is 2.10 bits per heavy atom. The second kappa shape index (κ2) is 5.06. The molecule has 1 aromatic heterocycles. The molecule has 0 bridgehead atoms. The molecule has 0 unspecified atom stereocenters. The lowest BCUT2D eigenvalue weighted by atomic mass is 10.4. The molecule has 3 N–H and O–H groups in total. The predicted octanol–water partition coefficient (Wildman–Crippen LogP) is 0.857. The van der Waals surface area contributed by atoms with Crippen molar-refractivity contribution in [1.29, 1.82) is 0 Å². The van der Waals surface area contributed by atoms with E-state index < -0.39 is 0 Å². The van der Waals surface area contributed by atoms with Gasteiger partial charge in [0.25, 0.3) is 0 Å². The smallest absolute Gasteiger partial charge is 0.325 e. The third-order valence-corrected chi connectivity index (χ3v) is 3.87. The molecule has 1 aliphatic carbocycles. The number of carbonyl (C=O) groups excluding carboxylic acids is 1. The topological polar surface area (TPSA) is 95.6 Å². The second-order valence-corrected chi connectivity index (χ2v) is 5.51. The monoisotopic (exact) mass is 297 g/mol. The van der Waals surface area contributed by atoms with Crippen LogP contribution in [-0.4, -0.2) is 45.6 Å². The fourth-order valence-electron chi connectivity index (χ4n) is 2.30. The zero-order valence-corrected chi connectivity index (χ0v) is 11.7. The van der Waals surface area contributed by atoms with Crippen LogP contribution < -0.4 is 10.6 Å². The van der Waals surface area contributed by atoms with Crippen LogP contribution in [-0.2, 0) is 6.61 Å². The van der Waals surface area contributed by atoms with Gasteiger partial charge in [0.05, 0.1) is 6.61 Å². The van der Waals surface area contributed by atoms with Gasteiger partial charge in [0.1, 0.15) is 11.5 Å². The molecule has 1 aliphatic heterocycles. The molecule has 2 aliphatic rings. The first kappa shape index (κ1) is 13.4. The molecular weight excluding hydrogens is 282 g/mol. The van der Waals surface area contributed by atoms with E-state index in [2.05, 4.69) is 9.97 Å². The van der Waals surface area contributed by atoms with Gasteiger partial charge in [-0.2, -0.15) is 0 Å². The Labute approximate surface area is 121 Å². The number of hydrogen-bond donors (Lipinski definition) is 2. The molecule has 3 rings (SSSR count). The van der Waals surface area contributed by atoms with Gasteiger partial charge in [-0.1, -0.05) is 11.6 Å². The van der Waals surface area contributed by atoms with E-state index in [1.165, 1.54) is 17.7 Å². The van der Waals surface area contributed by atoms with E-state index in [-0.39, 0.29) is 35.1 Å². The number of urea groups is 1.